The molecule has 3 rings (SSSR count). The predicted molar refractivity (Wildman–Crippen MR) is 108 cm³/mol. The monoisotopic (exact) mass is 397 g/mol. The number of rotatable bonds is 7. The first-order chi connectivity index (χ1) is 14.0. The number of nitrogens with one attached hydrogen (secondary N) is 1. The topological polar surface area (TPSA) is 102 Å². The fourth-order valence-corrected chi connectivity index (χ4v) is 3.38. The van der Waals surface area contributed by atoms with Gasteiger partial charge < -0.3 is 15.0 Å². The quantitative estimate of drug-likeness (QED) is 0.438. The Kier molecular flexibility index (Phi) is 6.43. The summed E-state index contributed by atoms with van der Waals surface area (Å²) in [7, 11) is 1.33. The zero-order valence-electron chi connectivity index (χ0n) is 16.2. The number of hydrogen-bond donors (Lipinski definition) is 1. The average molecular weight is 397 g/mol. The smallest absolute Gasteiger partial charge is 0.337 e. The molecule has 1 aliphatic heterocycles. The number of methoxy groups -OCH3 is 1. The number of ether oxygens (including phenoxy) is 1. The number of carbonyl (C=O) groups is 2. The van der Waals surface area contributed by atoms with Gasteiger partial charge in [-0.05, 0) is 49.1 Å². The van der Waals surface area contributed by atoms with Gasteiger partial charge in [0.05, 0.1) is 17.6 Å². The Morgan fingerprint density at radius 2 is 1.76 bits per heavy atom. The molecule has 0 aromatic heterocycles. The standard InChI is InChI=1S/C21H23N3O5/c1-29-21(26)16-6-4-15(5-7-16)10-11-22-20(25)17-8-9-18(19(14-17)24(27)28)23-12-2-3-13-23/h4-9,14H,2-3,10-13H2,1H3,(H,22,25). The van der Waals surface area contributed by atoms with E-state index in [0.29, 0.717) is 24.2 Å². The van der Waals surface area contributed by atoms with Crippen molar-refractivity contribution >= 4 is 23.3 Å². The molecule has 0 spiro atoms. The van der Waals surface area contributed by atoms with E-state index >= 15 is 0 Å². The van der Waals surface area contributed by atoms with Gasteiger partial charge in [-0.3, -0.25) is 14.9 Å². The maximum Gasteiger partial charge on any atom is 0.337 e. The van der Waals surface area contributed by atoms with Gasteiger partial charge in [-0.15, -0.1) is 0 Å². The minimum Gasteiger partial charge on any atom is -0.465 e. The highest BCUT2D eigenvalue weighted by Gasteiger charge is 2.23. The number of nitro groups is 1. The number of benzene rings is 2. The molecule has 29 heavy (non-hydrogen) atoms. The van der Waals surface area contributed by atoms with E-state index in [-0.39, 0.29) is 17.2 Å². The zero-order chi connectivity index (χ0) is 20.8. The number of carbonyl (C=O) groups excluding carboxylic acids is 2. The number of esters is 1. The molecule has 1 fully saturated rings. The molecule has 1 saturated heterocycles. The average Bonchev–Trinajstić information content (AvgIpc) is 3.28. The zero-order valence-corrected chi connectivity index (χ0v) is 16.2. The van der Waals surface area contributed by atoms with Gasteiger partial charge in [-0.2, -0.15) is 0 Å². The summed E-state index contributed by atoms with van der Waals surface area (Å²) in [5, 5.41) is 14.2. The van der Waals surface area contributed by atoms with E-state index in [1.165, 1.54) is 13.2 Å². The van der Waals surface area contributed by atoms with Crippen molar-refractivity contribution in [2.24, 2.45) is 0 Å². The Morgan fingerprint density at radius 1 is 1.10 bits per heavy atom. The molecule has 0 unspecified atom stereocenters. The molecule has 1 aliphatic rings. The maximum absolute atomic E-state index is 12.4. The first-order valence-corrected chi connectivity index (χ1v) is 9.48. The molecule has 1 heterocycles. The van der Waals surface area contributed by atoms with Crippen LogP contribution in [0.15, 0.2) is 42.5 Å². The third-order valence-electron chi connectivity index (χ3n) is 4.96. The molecule has 0 bridgehead atoms. The highest BCUT2D eigenvalue weighted by atomic mass is 16.6. The highest BCUT2D eigenvalue weighted by molar-refractivity contribution is 5.95. The third kappa shape index (κ3) is 4.90. The fraction of sp³-hybridized carbons (Fsp3) is 0.333. The highest BCUT2D eigenvalue weighted by Crippen LogP contribution is 2.31. The first-order valence-electron chi connectivity index (χ1n) is 9.48. The van der Waals surface area contributed by atoms with E-state index in [0.717, 1.165) is 31.5 Å². The summed E-state index contributed by atoms with van der Waals surface area (Å²) in [6.07, 6.45) is 2.60. The summed E-state index contributed by atoms with van der Waals surface area (Å²) >= 11 is 0. The molecule has 152 valence electrons. The molecule has 1 N–H and O–H groups in total. The van der Waals surface area contributed by atoms with Crippen molar-refractivity contribution in [1.82, 2.24) is 5.32 Å². The Bertz CT molecular complexity index is 905. The van der Waals surface area contributed by atoms with Gasteiger partial charge in [0, 0.05) is 31.3 Å². The van der Waals surface area contributed by atoms with E-state index < -0.39 is 10.9 Å². The number of amides is 1. The molecule has 2 aromatic rings. The summed E-state index contributed by atoms with van der Waals surface area (Å²) in [5.74, 6) is -0.754. The lowest BCUT2D eigenvalue weighted by atomic mass is 10.1. The SMILES string of the molecule is COC(=O)c1ccc(CCNC(=O)c2ccc(N3CCCC3)c([N+](=O)[O-])c2)cc1. The number of anilines is 1. The van der Waals surface area contributed by atoms with Crippen LogP contribution < -0.4 is 10.2 Å². The van der Waals surface area contributed by atoms with Crippen LogP contribution in [0.3, 0.4) is 0 Å². The number of nitro benzene ring substituents is 1. The Hall–Kier alpha value is -3.42. The van der Waals surface area contributed by atoms with E-state index in [1.54, 1.807) is 36.4 Å². The second kappa shape index (κ2) is 9.18. The van der Waals surface area contributed by atoms with Crippen LogP contribution in [0.1, 0.15) is 39.1 Å². The second-order valence-corrected chi connectivity index (χ2v) is 6.85. The van der Waals surface area contributed by atoms with Crippen LogP contribution in [-0.2, 0) is 11.2 Å². The van der Waals surface area contributed by atoms with Crippen molar-refractivity contribution in [3.05, 3.63) is 69.3 Å². The van der Waals surface area contributed by atoms with Gasteiger partial charge in [0.15, 0.2) is 0 Å². The van der Waals surface area contributed by atoms with Crippen LogP contribution in [0.2, 0.25) is 0 Å². The molecule has 0 aliphatic carbocycles. The molecule has 0 saturated carbocycles. The van der Waals surface area contributed by atoms with Gasteiger partial charge in [0.25, 0.3) is 11.6 Å². The van der Waals surface area contributed by atoms with Gasteiger partial charge in [-0.25, -0.2) is 4.79 Å². The molecular weight excluding hydrogens is 374 g/mol. The Labute approximate surface area is 168 Å². The van der Waals surface area contributed by atoms with Crippen LogP contribution >= 0.6 is 0 Å². The summed E-state index contributed by atoms with van der Waals surface area (Å²) < 4.78 is 4.66. The molecular formula is C21H23N3O5. The third-order valence-corrected chi connectivity index (χ3v) is 4.96. The molecule has 8 heteroatoms. The number of hydrogen-bond acceptors (Lipinski definition) is 6. The summed E-state index contributed by atoms with van der Waals surface area (Å²) in [4.78, 5) is 36.9. The minimum absolute atomic E-state index is 0.0436. The molecule has 0 atom stereocenters. The van der Waals surface area contributed by atoms with Crippen molar-refractivity contribution in [2.75, 3.05) is 31.6 Å². The number of nitrogens with zero attached hydrogens (tertiary/aromatic N) is 2. The predicted octanol–water partition coefficient (Wildman–Crippen LogP) is 2.95. The van der Waals surface area contributed by atoms with Crippen molar-refractivity contribution in [1.29, 1.82) is 0 Å². The van der Waals surface area contributed by atoms with E-state index in [2.05, 4.69) is 10.1 Å². The maximum atomic E-state index is 12.4. The van der Waals surface area contributed by atoms with Crippen molar-refractivity contribution < 1.29 is 19.2 Å². The van der Waals surface area contributed by atoms with E-state index in [1.807, 2.05) is 4.90 Å². The van der Waals surface area contributed by atoms with Gasteiger partial charge in [0.2, 0.25) is 0 Å². The molecule has 1 amide bonds. The largest absolute Gasteiger partial charge is 0.465 e. The lowest BCUT2D eigenvalue weighted by Gasteiger charge is -2.17. The van der Waals surface area contributed by atoms with Crippen LogP contribution in [-0.4, -0.2) is 43.5 Å². The normalized spacial score (nSPS) is 13.2. The summed E-state index contributed by atoms with van der Waals surface area (Å²) in [5.41, 5.74) is 2.20. The lowest BCUT2D eigenvalue weighted by Crippen LogP contribution is -2.26. The van der Waals surface area contributed by atoms with Crippen molar-refractivity contribution in [3.8, 4) is 0 Å². The van der Waals surface area contributed by atoms with Gasteiger partial charge in [-0.1, -0.05) is 12.1 Å². The van der Waals surface area contributed by atoms with E-state index in [9.17, 15) is 19.7 Å². The lowest BCUT2D eigenvalue weighted by molar-refractivity contribution is -0.384. The van der Waals surface area contributed by atoms with Gasteiger partial charge in [0.1, 0.15) is 5.69 Å². The minimum atomic E-state index is -0.437. The second-order valence-electron chi connectivity index (χ2n) is 6.85. The van der Waals surface area contributed by atoms with Crippen LogP contribution in [0.4, 0.5) is 11.4 Å². The first kappa shape index (κ1) is 20.3. The van der Waals surface area contributed by atoms with Crippen molar-refractivity contribution in [3.63, 3.8) is 0 Å². The summed E-state index contributed by atoms with van der Waals surface area (Å²) in [6, 6.07) is 11.6. The van der Waals surface area contributed by atoms with Crippen molar-refractivity contribution in [2.45, 2.75) is 19.3 Å². The van der Waals surface area contributed by atoms with Crippen LogP contribution in [0.25, 0.3) is 0 Å². The van der Waals surface area contributed by atoms with Crippen LogP contribution in [0.5, 0.6) is 0 Å². The summed E-state index contributed by atoms with van der Waals surface area (Å²) in [6.45, 7) is 1.96. The van der Waals surface area contributed by atoms with E-state index in [4.69, 9.17) is 0 Å². The molecule has 2 aromatic carbocycles. The Balaban J connectivity index is 1.61. The fourth-order valence-electron chi connectivity index (χ4n) is 3.38. The molecule has 8 nitrogen and oxygen atoms in total. The van der Waals surface area contributed by atoms with Crippen LogP contribution in [0, 0.1) is 10.1 Å². The Morgan fingerprint density at radius 3 is 2.38 bits per heavy atom. The van der Waals surface area contributed by atoms with Gasteiger partial charge >= 0.3 is 5.97 Å². The molecule has 0 radical (unpaired) electrons.